The van der Waals surface area contributed by atoms with E-state index in [1.807, 2.05) is 19.9 Å². The van der Waals surface area contributed by atoms with Gasteiger partial charge in [0.15, 0.2) is 5.82 Å². The van der Waals surface area contributed by atoms with E-state index in [9.17, 15) is 4.79 Å². The van der Waals surface area contributed by atoms with Crippen LogP contribution in [0.2, 0.25) is 0 Å². The minimum atomic E-state index is -0.117. The second-order valence-corrected chi connectivity index (χ2v) is 5.12. The molecule has 0 aliphatic carbocycles. The van der Waals surface area contributed by atoms with E-state index in [1.54, 1.807) is 4.68 Å². The van der Waals surface area contributed by atoms with E-state index in [1.165, 1.54) is 0 Å². The highest BCUT2D eigenvalue weighted by Gasteiger charge is 2.29. The van der Waals surface area contributed by atoms with E-state index < -0.39 is 0 Å². The third-order valence-electron chi connectivity index (χ3n) is 3.61. The molecule has 0 saturated carbocycles. The van der Waals surface area contributed by atoms with Crippen molar-refractivity contribution in [3.63, 3.8) is 0 Å². The van der Waals surface area contributed by atoms with Crippen molar-refractivity contribution in [2.24, 2.45) is 5.92 Å². The van der Waals surface area contributed by atoms with Gasteiger partial charge in [0.2, 0.25) is 5.91 Å². The van der Waals surface area contributed by atoms with Gasteiger partial charge in [-0.15, -0.1) is 0 Å². The van der Waals surface area contributed by atoms with Crippen molar-refractivity contribution >= 4 is 11.7 Å². The molecular formula is C14H20N4O2. The molecule has 2 heterocycles. The van der Waals surface area contributed by atoms with Crippen LogP contribution in [-0.2, 0) is 16.1 Å². The summed E-state index contributed by atoms with van der Waals surface area (Å²) in [5, 5.41) is 15.7. The van der Waals surface area contributed by atoms with E-state index in [2.05, 4.69) is 16.5 Å². The van der Waals surface area contributed by atoms with Crippen LogP contribution in [0.25, 0.3) is 0 Å². The Morgan fingerprint density at radius 2 is 2.50 bits per heavy atom. The molecule has 6 nitrogen and oxygen atoms in total. The first-order chi connectivity index (χ1) is 9.61. The van der Waals surface area contributed by atoms with Crippen LogP contribution in [0.1, 0.15) is 31.9 Å². The number of amides is 1. The lowest BCUT2D eigenvalue weighted by Gasteiger charge is -2.27. The molecule has 1 aromatic rings. The highest BCUT2D eigenvalue weighted by atomic mass is 16.5. The zero-order chi connectivity index (χ0) is 14.5. The highest BCUT2D eigenvalue weighted by molar-refractivity contribution is 5.92. The summed E-state index contributed by atoms with van der Waals surface area (Å²) in [7, 11) is 0. The Bertz CT molecular complexity index is 518. The highest BCUT2D eigenvalue weighted by Crippen LogP contribution is 2.22. The van der Waals surface area contributed by atoms with Crippen LogP contribution in [-0.4, -0.2) is 28.4 Å². The van der Waals surface area contributed by atoms with Gasteiger partial charge in [-0.1, -0.05) is 0 Å². The van der Waals surface area contributed by atoms with Crippen molar-refractivity contribution in [2.45, 2.75) is 45.8 Å². The van der Waals surface area contributed by atoms with Gasteiger partial charge in [0.25, 0.3) is 0 Å². The largest absolute Gasteiger partial charge is 0.378 e. The number of carbonyl (C=O) groups excluding carboxylic acids is 1. The average molecular weight is 276 g/mol. The Labute approximate surface area is 118 Å². The quantitative estimate of drug-likeness (QED) is 0.910. The second-order valence-electron chi connectivity index (χ2n) is 5.12. The molecule has 1 saturated heterocycles. The van der Waals surface area contributed by atoms with Crippen LogP contribution >= 0.6 is 0 Å². The van der Waals surface area contributed by atoms with Gasteiger partial charge >= 0.3 is 0 Å². The van der Waals surface area contributed by atoms with E-state index >= 15 is 0 Å². The Balaban J connectivity index is 1.99. The number of aromatic nitrogens is 2. The maximum Gasteiger partial charge on any atom is 0.231 e. The molecule has 1 N–H and O–H groups in total. The Morgan fingerprint density at radius 1 is 1.70 bits per heavy atom. The SMILES string of the molecule is Cc1cc(NC(=O)C2CCCOC2C)nn1CCC#N. The summed E-state index contributed by atoms with van der Waals surface area (Å²) in [4.78, 5) is 12.2. The Kier molecular flexibility index (Phi) is 4.74. The summed E-state index contributed by atoms with van der Waals surface area (Å²) < 4.78 is 7.24. The van der Waals surface area contributed by atoms with Gasteiger partial charge in [0.05, 0.1) is 31.1 Å². The van der Waals surface area contributed by atoms with Gasteiger partial charge in [-0.05, 0) is 26.7 Å². The second kappa shape index (κ2) is 6.53. The average Bonchev–Trinajstić information content (AvgIpc) is 2.76. The number of carbonyl (C=O) groups is 1. The number of hydrogen-bond acceptors (Lipinski definition) is 4. The molecule has 1 fully saturated rings. The van der Waals surface area contributed by atoms with Crippen molar-refractivity contribution in [3.05, 3.63) is 11.8 Å². The van der Waals surface area contributed by atoms with Crippen molar-refractivity contribution in [1.29, 1.82) is 5.26 Å². The third kappa shape index (κ3) is 3.36. The maximum absolute atomic E-state index is 12.2. The number of nitrogens with zero attached hydrogens (tertiary/aromatic N) is 3. The predicted molar refractivity (Wildman–Crippen MR) is 74.0 cm³/mol. The van der Waals surface area contributed by atoms with Crippen LogP contribution in [0.4, 0.5) is 5.82 Å². The lowest BCUT2D eigenvalue weighted by atomic mass is 9.94. The van der Waals surface area contributed by atoms with Crippen molar-refractivity contribution in [2.75, 3.05) is 11.9 Å². The number of anilines is 1. The maximum atomic E-state index is 12.2. The van der Waals surface area contributed by atoms with Gasteiger partial charge in [-0.2, -0.15) is 10.4 Å². The van der Waals surface area contributed by atoms with Crippen LogP contribution < -0.4 is 5.32 Å². The van der Waals surface area contributed by atoms with E-state index in [-0.39, 0.29) is 17.9 Å². The molecule has 1 amide bonds. The Morgan fingerprint density at radius 3 is 3.20 bits per heavy atom. The molecule has 0 bridgehead atoms. The minimum absolute atomic E-state index is 0.0397. The molecule has 2 atom stereocenters. The number of ether oxygens (including phenoxy) is 1. The topological polar surface area (TPSA) is 79.9 Å². The molecule has 2 rings (SSSR count). The van der Waals surface area contributed by atoms with Crippen molar-refractivity contribution < 1.29 is 9.53 Å². The van der Waals surface area contributed by atoms with E-state index in [0.29, 0.717) is 18.8 Å². The fraction of sp³-hybridized carbons (Fsp3) is 0.643. The first kappa shape index (κ1) is 14.5. The number of rotatable bonds is 4. The van der Waals surface area contributed by atoms with Crippen LogP contribution in [0, 0.1) is 24.2 Å². The molecule has 108 valence electrons. The fourth-order valence-corrected chi connectivity index (χ4v) is 2.44. The number of aryl methyl sites for hydroxylation is 2. The number of nitrogens with one attached hydrogen (secondary N) is 1. The Hall–Kier alpha value is -1.87. The summed E-state index contributed by atoms with van der Waals surface area (Å²) in [5.74, 6) is 0.388. The molecule has 1 aliphatic rings. The number of hydrogen-bond donors (Lipinski definition) is 1. The lowest BCUT2D eigenvalue weighted by Crippen LogP contribution is -2.36. The third-order valence-corrected chi connectivity index (χ3v) is 3.61. The van der Waals surface area contributed by atoms with E-state index in [4.69, 9.17) is 10.00 Å². The molecule has 1 aromatic heterocycles. The molecule has 0 radical (unpaired) electrons. The van der Waals surface area contributed by atoms with Gasteiger partial charge in [-0.3, -0.25) is 9.48 Å². The van der Waals surface area contributed by atoms with Gasteiger partial charge in [-0.25, -0.2) is 0 Å². The normalized spacial score (nSPS) is 22.2. The zero-order valence-corrected chi connectivity index (χ0v) is 11.9. The number of nitriles is 1. The smallest absolute Gasteiger partial charge is 0.231 e. The summed E-state index contributed by atoms with van der Waals surface area (Å²) >= 11 is 0. The van der Waals surface area contributed by atoms with Crippen LogP contribution in [0.15, 0.2) is 6.07 Å². The van der Waals surface area contributed by atoms with Crippen LogP contribution in [0.5, 0.6) is 0 Å². The summed E-state index contributed by atoms with van der Waals surface area (Å²) in [5.41, 5.74) is 0.934. The first-order valence-corrected chi connectivity index (χ1v) is 6.95. The van der Waals surface area contributed by atoms with Gasteiger partial charge in [0, 0.05) is 18.4 Å². The molecular weight excluding hydrogens is 256 g/mol. The standard InChI is InChI=1S/C14H20N4O2/c1-10-9-13(17-18(10)7-4-6-15)16-14(19)12-5-3-8-20-11(12)2/h9,11-12H,3-5,7-8H2,1-2H3,(H,16,17,19). The predicted octanol–water partition coefficient (Wildman–Crippen LogP) is 1.86. The molecule has 2 unspecified atom stereocenters. The summed E-state index contributed by atoms with van der Waals surface area (Å²) in [6, 6.07) is 3.91. The first-order valence-electron chi connectivity index (χ1n) is 6.95. The molecule has 20 heavy (non-hydrogen) atoms. The van der Waals surface area contributed by atoms with E-state index in [0.717, 1.165) is 25.1 Å². The summed E-state index contributed by atoms with van der Waals surface area (Å²) in [6.07, 6.45) is 2.12. The van der Waals surface area contributed by atoms with Crippen molar-refractivity contribution in [1.82, 2.24) is 9.78 Å². The minimum Gasteiger partial charge on any atom is -0.378 e. The molecule has 0 aromatic carbocycles. The molecule has 6 heteroatoms. The van der Waals surface area contributed by atoms with Gasteiger partial charge < -0.3 is 10.1 Å². The zero-order valence-electron chi connectivity index (χ0n) is 11.9. The molecule has 0 spiro atoms. The molecule has 1 aliphatic heterocycles. The monoisotopic (exact) mass is 276 g/mol. The fourth-order valence-electron chi connectivity index (χ4n) is 2.44. The lowest BCUT2D eigenvalue weighted by molar-refractivity contribution is -0.127. The summed E-state index contributed by atoms with van der Waals surface area (Å²) in [6.45, 7) is 5.11. The van der Waals surface area contributed by atoms with Crippen LogP contribution in [0.3, 0.4) is 0 Å². The van der Waals surface area contributed by atoms with Gasteiger partial charge in [0.1, 0.15) is 0 Å². The van der Waals surface area contributed by atoms with Crippen molar-refractivity contribution in [3.8, 4) is 6.07 Å².